The van der Waals surface area contributed by atoms with E-state index in [2.05, 4.69) is 15.9 Å². The van der Waals surface area contributed by atoms with Crippen molar-refractivity contribution in [2.24, 2.45) is 7.05 Å². The van der Waals surface area contributed by atoms with Crippen LogP contribution in [0.25, 0.3) is 50.0 Å². The standard InChI is InChI=1S/C24H15BrN4O/c1-28-18-12-6-3-9-15(18)21(30)20-23(28)27-22(14-8-2-4-10-16(14)25)29-19-13-7-5-11-17(19)26-24(20)29/h2-13H,1H3. The van der Waals surface area contributed by atoms with Crippen molar-refractivity contribution in [1.82, 2.24) is 18.9 Å². The smallest absolute Gasteiger partial charge is 0.202 e. The van der Waals surface area contributed by atoms with Gasteiger partial charge in [-0.2, -0.15) is 0 Å². The molecule has 0 aliphatic heterocycles. The molecule has 0 aliphatic rings. The van der Waals surface area contributed by atoms with E-state index in [1.807, 2.05) is 88.8 Å². The molecular formula is C24H15BrN4O. The van der Waals surface area contributed by atoms with Gasteiger partial charge in [-0.15, -0.1) is 0 Å². The topological polar surface area (TPSA) is 52.2 Å². The number of imidazole rings is 1. The second-order valence-electron chi connectivity index (χ2n) is 7.28. The molecular weight excluding hydrogens is 440 g/mol. The molecule has 30 heavy (non-hydrogen) atoms. The molecule has 144 valence electrons. The van der Waals surface area contributed by atoms with E-state index in [-0.39, 0.29) is 5.43 Å². The molecule has 3 heterocycles. The number of halogens is 1. The molecule has 0 spiro atoms. The Bertz CT molecular complexity index is 1700. The van der Waals surface area contributed by atoms with Crippen molar-refractivity contribution in [1.29, 1.82) is 0 Å². The summed E-state index contributed by atoms with van der Waals surface area (Å²) in [5.74, 6) is 0.740. The van der Waals surface area contributed by atoms with Crippen LogP contribution in [0.15, 0.2) is 82.1 Å². The summed E-state index contributed by atoms with van der Waals surface area (Å²) < 4.78 is 4.90. The minimum absolute atomic E-state index is 0.0508. The summed E-state index contributed by atoms with van der Waals surface area (Å²) in [5.41, 5.74) is 4.73. The maximum Gasteiger partial charge on any atom is 0.202 e. The summed E-state index contributed by atoms with van der Waals surface area (Å²) in [6, 6.07) is 23.5. The SMILES string of the molecule is Cn1c2ccccc2c(=O)c2c1nc(-c1ccccc1Br)n1c3ccccc3nc21. The van der Waals surface area contributed by atoms with Crippen molar-refractivity contribution in [2.45, 2.75) is 0 Å². The monoisotopic (exact) mass is 454 g/mol. The van der Waals surface area contributed by atoms with Crippen LogP contribution in [-0.4, -0.2) is 18.9 Å². The number of hydrogen-bond donors (Lipinski definition) is 0. The van der Waals surface area contributed by atoms with Crippen molar-refractivity contribution in [2.75, 3.05) is 0 Å². The highest BCUT2D eigenvalue weighted by atomic mass is 79.9. The number of para-hydroxylation sites is 3. The van der Waals surface area contributed by atoms with E-state index in [0.717, 1.165) is 32.4 Å². The van der Waals surface area contributed by atoms with Gasteiger partial charge in [0.2, 0.25) is 5.43 Å². The number of pyridine rings is 1. The van der Waals surface area contributed by atoms with Gasteiger partial charge in [-0.1, -0.05) is 58.4 Å². The third kappa shape index (κ3) is 2.25. The number of hydrogen-bond acceptors (Lipinski definition) is 3. The lowest BCUT2D eigenvalue weighted by molar-refractivity contribution is 0.967. The average molecular weight is 455 g/mol. The van der Waals surface area contributed by atoms with Crippen LogP contribution in [0.4, 0.5) is 0 Å². The number of fused-ring (bicyclic) bond motifs is 6. The predicted molar refractivity (Wildman–Crippen MR) is 124 cm³/mol. The van der Waals surface area contributed by atoms with E-state index in [0.29, 0.717) is 22.1 Å². The number of aromatic nitrogens is 4. The van der Waals surface area contributed by atoms with Crippen LogP contribution in [0.5, 0.6) is 0 Å². The summed E-state index contributed by atoms with van der Waals surface area (Å²) in [5, 5.41) is 1.19. The van der Waals surface area contributed by atoms with E-state index in [9.17, 15) is 4.79 Å². The molecule has 0 bridgehead atoms. The van der Waals surface area contributed by atoms with Crippen LogP contribution in [0.2, 0.25) is 0 Å². The quantitative estimate of drug-likeness (QED) is 0.316. The highest BCUT2D eigenvalue weighted by molar-refractivity contribution is 9.10. The van der Waals surface area contributed by atoms with Gasteiger partial charge < -0.3 is 4.57 Å². The van der Waals surface area contributed by atoms with Crippen molar-refractivity contribution >= 4 is 54.5 Å². The van der Waals surface area contributed by atoms with Crippen molar-refractivity contribution in [3.63, 3.8) is 0 Å². The number of benzene rings is 3. The normalized spacial score (nSPS) is 11.8. The Kier molecular flexibility index (Phi) is 3.61. The maximum atomic E-state index is 13.5. The minimum Gasteiger partial charge on any atom is -0.328 e. The van der Waals surface area contributed by atoms with Crippen LogP contribution in [0.3, 0.4) is 0 Å². The largest absolute Gasteiger partial charge is 0.328 e. The Morgan fingerprint density at radius 2 is 1.50 bits per heavy atom. The first-order chi connectivity index (χ1) is 14.6. The molecule has 5 nitrogen and oxygen atoms in total. The van der Waals surface area contributed by atoms with Crippen molar-refractivity contribution < 1.29 is 0 Å². The average Bonchev–Trinajstić information content (AvgIpc) is 3.16. The fraction of sp³-hybridized carbons (Fsp3) is 0.0417. The summed E-state index contributed by atoms with van der Waals surface area (Å²) in [7, 11) is 1.94. The Balaban J connectivity index is 1.96. The molecule has 6 aromatic rings. The molecule has 0 amide bonds. The minimum atomic E-state index is -0.0508. The van der Waals surface area contributed by atoms with Crippen LogP contribution < -0.4 is 5.43 Å². The third-order valence-electron chi connectivity index (χ3n) is 5.60. The van der Waals surface area contributed by atoms with Gasteiger partial charge in [0.25, 0.3) is 0 Å². The molecule has 0 radical (unpaired) electrons. The Morgan fingerprint density at radius 1 is 0.800 bits per heavy atom. The number of aryl methyl sites for hydroxylation is 1. The van der Waals surface area contributed by atoms with Gasteiger partial charge in [-0.25, -0.2) is 9.97 Å². The van der Waals surface area contributed by atoms with E-state index in [1.54, 1.807) is 0 Å². The maximum absolute atomic E-state index is 13.5. The summed E-state index contributed by atoms with van der Waals surface area (Å²) in [6.07, 6.45) is 0. The fourth-order valence-electron chi connectivity index (χ4n) is 4.19. The Morgan fingerprint density at radius 3 is 2.33 bits per heavy atom. The fourth-order valence-corrected chi connectivity index (χ4v) is 4.65. The van der Waals surface area contributed by atoms with Crippen LogP contribution in [0, 0.1) is 0 Å². The Labute approximate surface area is 179 Å². The van der Waals surface area contributed by atoms with Gasteiger partial charge in [0.05, 0.1) is 16.6 Å². The first-order valence-electron chi connectivity index (χ1n) is 9.58. The molecule has 3 aromatic heterocycles. The molecule has 0 saturated carbocycles. The van der Waals surface area contributed by atoms with Gasteiger partial charge in [-0.3, -0.25) is 9.20 Å². The van der Waals surface area contributed by atoms with Gasteiger partial charge in [0.1, 0.15) is 16.9 Å². The summed E-state index contributed by atoms with van der Waals surface area (Å²) in [4.78, 5) is 23.4. The lowest BCUT2D eigenvalue weighted by Gasteiger charge is -2.14. The van der Waals surface area contributed by atoms with Crippen molar-refractivity contribution in [3.05, 3.63) is 87.5 Å². The zero-order valence-electron chi connectivity index (χ0n) is 16.0. The van der Waals surface area contributed by atoms with Gasteiger partial charge in [0.15, 0.2) is 5.65 Å². The number of rotatable bonds is 1. The van der Waals surface area contributed by atoms with E-state index in [4.69, 9.17) is 9.97 Å². The highest BCUT2D eigenvalue weighted by Gasteiger charge is 2.21. The summed E-state index contributed by atoms with van der Waals surface area (Å²) >= 11 is 3.67. The van der Waals surface area contributed by atoms with Crippen molar-refractivity contribution in [3.8, 4) is 11.4 Å². The highest BCUT2D eigenvalue weighted by Crippen LogP contribution is 2.32. The molecule has 6 rings (SSSR count). The zero-order chi connectivity index (χ0) is 20.4. The van der Waals surface area contributed by atoms with Gasteiger partial charge in [0, 0.05) is 22.5 Å². The van der Waals surface area contributed by atoms with Gasteiger partial charge in [-0.05, 0) is 30.3 Å². The third-order valence-corrected chi connectivity index (χ3v) is 6.29. The predicted octanol–water partition coefficient (Wildman–Crippen LogP) is 5.32. The lowest BCUT2D eigenvalue weighted by Crippen LogP contribution is -2.13. The van der Waals surface area contributed by atoms with Gasteiger partial charge >= 0.3 is 0 Å². The first kappa shape index (κ1) is 17.4. The van der Waals surface area contributed by atoms with E-state index >= 15 is 0 Å². The summed E-state index contributed by atoms with van der Waals surface area (Å²) in [6.45, 7) is 0. The lowest BCUT2D eigenvalue weighted by atomic mass is 10.1. The molecule has 0 aliphatic carbocycles. The van der Waals surface area contributed by atoms with E-state index < -0.39 is 0 Å². The molecule has 0 saturated heterocycles. The second-order valence-corrected chi connectivity index (χ2v) is 8.13. The first-order valence-corrected chi connectivity index (χ1v) is 10.4. The van der Waals surface area contributed by atoms with Crippen LogP contribution in [-0.2, 0) is 7.05 Å². The molecule has 0 unspecified atom stereocenters. The van der Waals surface area contributed by atoms with Crippen LogP contribution in [0.1, 0.15) is 0 Å². The van der Waals surface area contributed by atoms with Crippen LogP contribution >= 0.6 is 15.9 Å². The number of nitrogens with zero attached hydrogens (tertiary/aromatic N) is 4. The molecule has 0 atom stereocenters. The Hall–Kier alpha value is -3.51. The molecule has 0 fully saturated rings. The molecule has 6 heteroatoms. The molecule has 0 N–H and O–H groups in total. The van der Waals surface area contributed by atoms with E-state index in [1.165, 1.54) is 0 Å². The zero-order valence-corrected chi connectivity index (χ0v) is 17.6. The molecule has 3 aromatic carbocycles. The second kappa shape index (κ2) is 6.24.